The van der Waals surface area contributed by atoms with Crippen LogP contribution in [0.3, 0.4) is 0 Å². The van der Waals surface area contributed by atoms with Gasteiger partial charge in [0.05, 0.1) is 18.2 Å². The lowest BCUT2D eigenvalue weighted by molar-refractivity contribution is -0.187. The molecule has 2 aromatic carbocycles. The Balaban J connectivity index is 1.51. The maximum absolute atomic E-state index is 12.9. The van der Waals surface area contributed by atoms with E-state index in [0.29, 0.717) is 13.0 Å². The molecule has 0 bridgehead atoms. The highest BCUT2D eigenvalue weighted by Crippen LogP contribution is 2.28. The molecule has 1 unspecified atom stereocenters. The van der Waals surface area contributed by atoms with Crippen LogP contribution in [0.1, 0.15) is 48.7 Å². The molecule has 0 radical (unpaired) electrons. The van der Waals surface area contributed by atoms with Gasteiger partial charge in [-0.25, -0.2) is 0 Å². The molecule has 1 aliphatic heterocycles. The van der Waals surface area contributed by atoms with Crippen LogP contribution in [0, 0.1) is 5.41 Å². The van der Waals surface area contributed by atoms with Crippen molar-refractivity contribution in [3.05, 3.63) is 72.1 Å². The Labute approximate surface area is 216 Å². The summed E-state index contributed by atoms with van der Waals surface area (Å²) in [5.41, 5.74) is 2.12. The number of carbonyl (C=O) groups excluding carboxylic acids is 1. The number of nitrogens with zero attached hydrogens (tertiary/aromatic N) is 3. The summed E-state index contributed by atoms with van der Waals surface area (Å²) in [6, 6.07) is 17.7. The van der Waals surface area contributed by atoms with Gasteiger partial charge in [-0.2, -0.15) is 0 Å². The monoisotopic (exact) mass is 506 g/mol. The Morgan fingerprint density at radius 2 is 1.89 bits per heavy atom. The first-order valence-electron chi connectivity index (χ1n) is 12.6. The maximum atomic E-state index is 12.9. The Hall–Kier alpha value is -3.56. The van der Waals surface area contributed by atoms with Crippen LogP contribution < -0.4 is 5.32 Å². The van der Waals surface area contributed by atoms with Crippen LogP contribution >= 0.6 is 0 Å². The number of aryl methyl sites for hydroxylation is 1. The minimum absolute atomic E-state index is 0.0164. The zero-order valence-corrected chi connectivity index (χ0v) is 21.3. The van der Waals surface area contributed by atoms with E-state index in [9.17, 15) is 14.7 Å². The second-order valence-electron chi connectivity index (χ2n) is 9.89. The van der Waals surface area contributed by atoms with Crippen molar-refractivity contribution >= 4 is 11.9 Å². The first-order valence-corrected chi connectivity index (χ1v) is 12.6. The van der Waals surface area contributed by atoms with E-state index in [1.807, 2.05) is 54.6 Å². The molecule has 3 atom stereocenters. The third kappa shape index (κ3) is 7.24. The number of hydrogen-bond donors (Lipinski definition) is 2. The topological polar surface area (TPSA) is 116 Å². The highest BCUT2D eigenvalue weighted by molar-refractivity contribution is 5.92. The molecule has 2 N–H and O–H groups in total. The van der Waals surface area contributed by atoms with Crippen LogP contribution in [0.15, 0.2) is 60.8 Å². The van der Waals surface area contributed by atoms with Crippen molar-refractivity contribution < 1.29 is 24.2 Å². The maximum Gasteiger partial charge on any atom is 0.311 e. The standard InChI is InChI=1S/C28H34N4O5/c1-28(27(34)35,19-37-25-10-6-7-15-36-25)17-23(29-26(33)24-18-32(2)31-30-24)16-20-11-13-22(14-12-20)21-8-4-3-5-9-21/h3-5,8-9,11-14,18,23,25H,6-7,10,15-17,19H2,1-2H3,(H,29,33)(H,34,35)/t23-,25?,28+/m1/s1. The summed E-state index contributed by atoms with van der Waals surface area (Å²) in [6.45, 7) is 2.25. The lowest BCUT2D eigenvalue weighted by Gasteiger charge is -2.32. The van der Waals surface area contributed by atoms with Crippen LogP contribution in [0.25, 0.3) is 11.1 Å². The van der Waals surface area contributed by atoms with Crippen LogP contribution in [0.2, 0.25) is 0 Å². The molecule has 196 valence electrons. The Morgan fingerprint density at radius 1 is 1.16 bits per heavy atom. The van der Waals surface area contributed by atoms with Crippen molar-refractivity contribution in [1.29, 1.82) is 0 Å². The van der Waals surface area contributed by atoms with E-state index in [0.717, 1.165) is 36.0 Å². The molecule has 0 spiro atoms. The summed E-state index contributed by atoms with van der Waals surface area (Å²) in [6.07, 6.45) is 4.47. The first-order chi connectivity index (χ1) is 17.8. The third-order valence-corrected chi connectivity index (χ3v) is 6.65. The predicted octanol–water partition coefficient (Wildman–Crippen LogP) is 3.85. The molecule has 37 heavy (non-hydrogen) atoms. The van der Waals surface area contributed by atoms with Crippen LogP contribution in [0.4, 0.5) is 0 Å². The predicted molar refractivity (Wildman–Crippen MR) is 138 cm³/mol. The van der Waals surface area contributed by atoms with E-state index < -0.39 is 29.6 Å². The van der Waals surface area contributed by atoms with Crippen LogP contribution in [0.5, 0.6) is 0 Å². The molecular weight excluding hydrogens is 472 g/mol. The fraction of sp³-hybridized carbons (Fsp3) is 0.429. The molecule has 1 aliphatic rings. The fourth-order valence-corrected chi connectivity index (χ4v) is 4.50. The van der Waals surface area contributed by atoms with Crippen molar-refractivity contribution in [2.24, 2.45) is 12.5 Å². The van der Waals surface area contributed by atoms with E-state index in [-0.39, 0.29) is 18.7 Å². The highest BCUT2D eigenvalue weighted by atomic mass is 16.7. The number of carboxylic acid groups (broad SMARTS) is 1. The van der Waals surface area contributed by atoms with Gasteiger partial charge < -0.3 is 19.9 Å². The molecule has 0 saturated carbocycles. The molecule has 1 amide bonds. The first kappa shape index (κ1) is 26.5. The molecule has 9 heteroatoms. The number of rotatable bonds is 11. The average molecular weight is 507 g/mol. The zero-order valence-electron chi connectivity index (χ0n) is 21.3. The lowest BCUT2D eigenvalue weighted by Crippen LogP contribution is -2.45. The second-order valence-corrected chi connectivity index (χ2v) is 9.89. The summed E-state index contributed by atoms with van der Waals surface area (Å²) in [4.78, 5) is 25.3. The van der Waals surface area contributed by atoms with Crippen molar-refractivity contribution in [3.8, 4) is 11.1 Å². The van der Waals surface area contributed by atoms with Crippen molar-refractivity contribution in [3.63, 3.8) is 0 Å². The summed E-state index contributed by atoms with van der Waals surface area (Å²) in [7, 11) is 1.68. The van der Waals surface area contributed by atoms with Gasteiger partial charge in [-0.1, -0.05) is 59.8 Å². The van der Waals surface area contributed by atoms with E-state index in [1.54, 1.807) is 14.0 Å². The van der Waals surface area contributed by atoms with Gasteiger partial charge in [0.2, 0.25) is 0 Å². The molecule has 2 heterocycles. The quantitative estimate of drug-likeness (QED) is 0.406. The summed E-state index contributed by atoms with van der Waals surface area (Å²) < 4.78 is 13.0. The number of aromatic nitrogens is 3. The zero-order chi connectivity index (χ0) is 26.3. The van der Waals surface area contributed by atoms with Gasteiger partial charge in [-0.15, -0.1) is 5.10 Å². The SMILES string of the molecule is Cn1cc(C(=O)N[C@H](Cc2ccc(-c3ccccc3)cc2)C[C@@](C)(COC2CCCCO2)C(=O)O)nn1. The molecular formula is C28H34N4O5. The summed E-state index contributed by atoms with van der Waals surface area (Å²) in [5, 5.41) is 20.8. The molecule has 3 aromatic rings. The highest BCUT2D eigenvalue weighted by Gasteiger charge is 2.38. The molecule has 9 nitrogen and oxygen atoms in total. The lowest BCUT2D eigenvalue weighted by atomic mass is 9.82. The van der Waals surface area contributed by atoms with Gasteiger partial charge >= 0.3 is 5.97 Å². The van der Waals surface area contributed by atoms with E-state index in [1.165, 1.54) is 10.9 Å². The minimum atomic E-state index is -1.23. The van der Waals surface area contributed by atoms with Gasteiger partial charge in [-0.3, -0.25) is 14.3 Å². The number of carboxylic acids is 1. The summed E-state index contributed by atoms with van der Waals surface area (Å²) >= 11 is 0. The number of carbonyl (C=O) groups is 2. The smallest absolute Gasteiger partial charge is 0.311 e. The van der Waals surface area contributed by atoms with Crippen molar-refractivity contribution in [2.45, 2.75) is 51.4 Å². The number of hydrogen-bond acceptors (Lipinski definition) is 6. The van der Waals surface area contributed by atoms with Gasteiger partial charge in [0.25, 0.3) is 5.91 Å². The van der Waals surface area contributed by atoms with Crippen molar-refractivity contribution in [2.75, 3.05) is 13.2 Å². The molecule has 1 aromatic heterocycles. The number of benzene rings is 2. The Kier molecular flexibility index (Phi) is 8.68. The fourth-order valence-electron chi connectivity index (χ4n) is 4.50. The normalized spacial score (nSPS) is 18.1. The number of ether oxygens (including phenoxy) is 2. The number of amides is 1. The number of nitrogens with one attached hydrogen (secondary N) is 1. The third-order valence-electron chi connectivity index (χ3n) is 6.65. The van der Waals surface area contributed by atoms with Gasteiger partial charge in [0.15, 0.2) is 12.0 Å². The van der Waals surface area contributed by atoms with E-state index >= 15 is 0 Å². The molecule has 4 rings (SSSR count). The van der Waals surface area contributed by atoms with Gasteiger partial charge in [0.1, 0.15) is 0 Å². The second kappa shape index (κ2) is 12.1. The Bertz CT molecular complexity index is 1170. The average Bonchev–Trinajstić information content (AvgIpc) is 3.35. The van der Waals surface area contributed by atoms with Crippen LogP contribution in [-0.2, 0) is 27.7 Å². The van der Waals surface area contributed by atoms with Crippen molar-refractivity contribution in [1.82, 2.24) is 20.3 Å². The minimum Gasteiger partial charge on any atom is -0.481 e. The molecule has 0 aliphatic carbocycles. The summed E-state index contributed by atoms with van der Waals surface area (Å²) in [5.74, 6) is -1.38. The van der Waals surface area contributed by atoms with E-state index in [4.69, 9.17) is 9.47 Å². The molecule has 1 fully saturated rings. The Morgan fingerprint density at radius 3 is 2.51 bits per heavy atom. The van der Waals surface area contributed by atoms with Gasteiger partial charge in [-0.05, 0) is 55.7 Å². The molecule has 1 saturated heterocycles. The number of aliphatic carboxylic acids is 1. The largest absolute Gasteiger partial charge is 0.481 e. The van der Waals surface area contributed by atoms with Crippen LogP contribution in [-0.4, -0.2) is 57.5 Å². The van der Waals surface area contributed by atoms with Gasteiger partial charge in [0, 0.05) is 19.7 Å². The van der Waals surface area contributed by atoms with E-state index in [2.05, 4.69) is 15.6 Å².